The molecule has 0 radical (unpaired) electrons. The van der Waals surface area contributed by atoms with Gasteiger partial charge in [0.2, 0.25) is 0 Å². The fourth-order valence-corrected chi connectivity index (χ4v) is 3.70. The Labute approximate surface area is 124 Å². The van der Waals surface area contributed by atoms with E-state index in [2.05, 4.69) is 17.1 Å². The van der Waals surface area contributed by atoms with E-state index in [1.54, 1.807) is 0 Å². The molecule has 3 heteroatoms. The van der Waals surface area contributed by atoms with Gasteiger partial charge >= 0.3 is 0 Å². The van der Waals surface area contributed by atoms with Crippen molar-refractivity contribution in [3.63, 3.8) is 0 Å². The Morgan fingerprint density at radius 2 is 2.05 bits per heavy atom. The summed E-state index contributed by atoms with van der Waals surface area (Å²) in [5, 5.41) is 3.77. The Kier molecular flexibility index (Phi) is 5.00. The molecule has 3 nitrogen and oxygen atoms in total. The third-order valence-electron chi connectivity index (χ3n) is 5.49. The summed E-state index contributed by atoms with van der Waals surface area (Å²) < 4.78 is 5.86. The molecule has 0 aromatic carbocycles. The molecule has 0 aromatic heterocycles. The lowest BCUT2D eigenvalue weighted by molar-refractivity contribution is -0.0293. The van der Waals surface area contributed by atoms with Crippen LogP contribution in [0.15, 0.2) is 0 Å². The summed E-state index contributed by atoms with van der Waals surface area (Å²) in [5.74, 6) is 0.980. The quantitative estimate of drug-likeness (QED) is 0.740. The molecule has 0 aromatic rings. The van der Waals surface area contributed by atoms with E-state index in [4.69, 9.17) is 4.74 Å². The van der Waals surface area contributed by atoms with Crippen LogP contribution in [0.1, 0.15) is 51.9 Å². The van der Waals surface area contributed by atoms with Crippen LogP contribution < -0.4 is 5.32 Å². The molecular formula is C17H32N2O. The lowest BCUT2D eigenvalue weighted by Crippen LogP contribution is -2.50. The van der Waals surface area contributed by atoms with Crippen molar-refractivity contribution in [2.24, 2.45) is 11.3 Å². The summed E-state index contributed by atoms with van der Waals surface area (Å²) in [6.45, 7) is 9.18. The van der Waals surface area contributed by atoms with Crippen molar-refractivity contribution in [3.8, 4) is 0 Å². The molecule has 1 atom stereocenters. The van der Waals surface area contributed by atoms with Gasteiger partial charge in [0.05, 0.1) is 6.61 Å². The topological polar surface area (TPSA) is 24.5 Å². The summed E-state index contributed by atoms with van der Waals surface area (Å²) in [7, 11) is 0. The van der Waals surface area contributed by atoms with Gasteiger partial charge in [-0.3, -0.25) is 0 Å². The predicted octanol–water partition coefficient (Wildman–Crippen LogP) is 2.66. The highest BCUT2D eigenvalue weighted by Gasteiger charge is 2.36. The predicted molar refractivity (Wildman–Crippen MR) is 83.0 cm³/mol. The van der Waals surface area contributed by atoms with Crippen molar-refractivity contribution in [1.82, 2.24) is 10.2 Å². The van der Waals surface area contributed by atoms with Crippen LogP contribution in [0.3, 0.4) is 0 Å². The average molecular weight is 280 g/mol. The van der Waals surface area contributed by atoms with Crippen molar-refractivity contribution >= 4 is 0 Å². The lowest BCUT2D eigenvalue weighted by atomic mass is 9.80. The Hall–Kier alpha value is -0.120. The lowest BCUT2D eigenvalue weighted by Gasteiger charge is -2.42. The molecule has 1 aliphatic heterocycles. The molecule has 0 spiro atoms. The van der Waals surface area contributed by atoms with E-state index in [0.29, 0.717) is 5.41 Å². The summed E-state index contributed by atoms with van der Waals surface area (Å²) in [5.41, 5.74) is 0.376. The first kappa shape index (κ1) is 14.8. The van der Waals surface area contributed by atoms with E-state index in [0.717, 1.165) is 25.2 Å². The number of hydrogen-bond acceptors (Lipinski definition) is 3. The summed E-state index contributed by atoms with van der Waals surface area (Å²) in [4.78, 5) is 2.70. The number of rotatable bonds is 8. The standard InChI is InChI=1S/C17H32N2O/c1-2-19(11-15-5-3-6-15)13-17(9-4-10-20-14-17)12-18-16-7-8-16/h15-16,18H,2-14H2,1H3. The highest BCUT2D eigenvalue weighted by Crippen LogP contribution is 2.33. The van der Waals surface area contributed by atoms with Gasteiger partial charge in [-0.1, -0.05) is 13.3 Å². The first-order valence-corrected chi connectivity index (χ1v) is 8.83. The highest BCUT2D eigenvalue weighted by molar-refractivity contribution is 4.91. The average Bonchev–Trinajstić information content (AvgIpc) is 3.25. The van der Waals surface area contributed by atoms with Gasteiger partial charge in [0, 0.05) is 37.7 Å². The largest absolute Gasteiger partial charge is 0.381 e. The molecule has 1 unspecified atom stereocenters. The summed E-state index contributed by atoms with van der Waals surface area (Å²) >= 11 is 0. The molecule has 0 amide bonds. The number of nitrogens with zero attached hydrogens (tertiary/aromatic N) is 1. The molecule has 116 valence electrons. The minimum Gasteiger partial charge on any atom is -0.381 e. The number of hydrogen-bond donors (Lipinski definition) is 1. The molecule has 1 heterocycles. The molecule has 3 fully saturated rings. The molecular weight excluding hydrogens is 248 g/mol. The highest BCUT2D eigenvalue weighted by atomic mass is 16.5. The molecule has 20 heavy (non-hydrogen) atoms. The minimum absolute atomic E-state index is 0.376. The maximum absolute atomic E-state index is 5.86. The molecule has 2 aliphatic carbocycles. The normalized spacial score (nSPS) is 31.5. The minimum atomic E-state index is 0.376. The van der Waals surface area contributed by atoms with Crippen molar-refractivity contribution in [1.29, 1.82) is 0 Å². The first-order chi connectivity index (χ1) is 9.80. The van der Waals surface area contributed by atoms with Gasteiger partial charge in [0.1, 0.15) is 0 Å². The zero-order valence-electron chi connectivity index (χ0n) is 13.2. The molecule has 3 rings (SSSR count). The zero-order chi connectivity index (χ0) is 13.8. The van der Waals surface area contributed by atoms with Crippen molar-refractivity contribution < 1.29 is 4.74 Å². The fraction of sp³-hybridized carbons (Fsp3) is 1.00. The van der Waals surface area contributed by atoms with Crippen molar-refractivity contribution in [2.75, 3.05) is 39.4 Å². The van der Waals surface area contributed by atoms with Crippen LogP contribution in [0.2, 0.25) is 0 Å². The van der Waals surface area contributed by atoms with Gasteiger partial charge in [0.25, 0.3) is 0 Å². The van der Waals surface area contributed by atoms with Crippen LogP contribution in [-0.4, -0.2) is 50.3 Å². The van der Waals surface area contributed by atoms with Crippen LogP contribution in [-0.2, 0) is 4.74 Å². The number of ether oxygens (including phenoxy) is 1. The maximum Gasteiger partial charge on any atom is 0.0546 e. The zero-order valence-corrected chi connectivity index (χ0v) is 13.2. The Morgan fingerprint density at radius 3 is 2.60 bits per heavy atom. The Morgan fingerprint density at radius 1 is 1.20 bits per heavy atom. The van der Waals surface area contributed by atoms with Gasteiger partial charge in [-0.25, -0.2) is 0 Å². The summed E-state index contributed by atoms with van der Waals surface area (Å²) in [6, 6.07) is 0.815. The van der Waals surface area contributed by atoms with Crippen LogP contribution in [0.5, 0.6) is 0 Å². The smallest absolute Gasteiger partial charge is 0.0546 e. The maximum atomic E-state index is 5.86. The van der Waals surface area contributed by atoms with Crippen molar-refractivity contribution in [2.45, 2.75) is 57.9 Å². The third kappa shape index (κ3) is 3.96. The molecule has 3 aliphatic rings. The second-order valence-corrected chi connectivity index (χ2v) is 7.44. The van der Waals surface area contributed by atoms with Crippen molar-refractivity contribution in [3.05, 3.63) is 0 Å². The number of nitrogens with one attached hydrogen (secondary N) is 1. The Balaban J connectivity index is 1.54. The SMILES string of the molecule is CCN(CC1CCC1)CC1(CNC2CC2)CCCOC1. The first-order valence-electron chi connectivity index (χ1n) is 8.83. The van der Waals surface area contributed by atoms with Gasteiger partial charge in [0.15, 0.2) is 0 Å². The molecule has 1 N–H and O–H groups in total. The van der Waals surface area contributed by atoms with Crippen LogP contribution in [0, 0.1) is 11.3 Å². The van der Waals surface area contributed by atoms with Crippen LogP contribution >= 0.6 is 0 Å². The van der Waals surface area contributed by atoms with E-state index in [1.165, 1.54) is 71.1 Å². The van der Waals surface area contributed by atoms with Gasteiger partial charge in [-0.2, -0.15) is 0 Å². The van der Waals surface area contributed by atoms with Gasteiger partial charge < -0.3 is 15.0 Å². The van der Waals surface area contributed by atoms with E-state index in [1.807, 2.05) is 0 Å². The van der Waals surface area contributed by atoms with Gasteiger partial charge in [-0.15, -0.1) is 0 Å². The molecule has 2 saturated carbocycles. The van der Waals surface area contributed by atoms with Crippen LogP contribution in [0.25, 0.3) is 0 Å². The van der Waals surface area contributed by atoms with E-state index in [-0.39, 0.29) is 0 Å². The monoisotopic (exact) mass is 280 g/mol. The molecule has 1 saturated heterocycles. The second kappa shape index (κ2) is 6.76. The fourth-order valence-electron chi connectivity index (χ4n) is 3.70. The molecule has 0 bridgehead atoms. The van der Waals surface area contributed by atoms with Gasteiger partial charge in [-0.05, 0) is 51.0 Å². The second-order valence-electron chi connectivity index (χ2n) is 7.44. The van der Waals surface area contributed by atoms with E-state index in [9.17, 15) is 0 Å². The Bertz CT molecular complexity index is 293. The summed E-state index contributed by atoms with van der Waals surface area (Å²) in [6.07, 6.45) is 9.73. The third-order valence-corrected chi connectivity index (χ3v) is 5.49. The van der Waals surface area contributed by atoms with Crippen LogP contribution in [0.4, 0.5) is 0 Å². The van der Waals surface area contributed by atoms with E-state index < -0.39 is 0 Å². The van der Waals surface area contributed by atoms with E-state index >= 15 is 0 Å².